The maximum Gasteiger partial charge on any atom is 0.270 e. The van der Waals surface area contributed by atoms with E-state index in [1.165, 1.54) is 22.5 Å². The Morgan fingerprint density at radius 3 is 2.73 bits per heavy atom. The Balaban J connectivity index is 0.00000121. The zero-order valence-corrected chi connectivity index (χ0v) is 17.1. The van der Waals surface area contributed by atoms with Crippen LogP contribution in [0.1, 0.15) is 22.5 Å². The van der Waals surface area contributed by atoms with Crippen LogP contribution in [-0.4, -0.2) is 33.7 Å². The van der Waals surface area contributed by atoms with Crippen molar-refractivity contribution in [2.75, 3.05) is 18.9 Å². The molecule has 0 atom stereocenters. The van der Waals surface area contributed by atoms with Gasteiger partial charge in [0, 0.05) is 31.0 Å². The molecule has 4 rings (SSSR count). The summed E-state index contributed by atoms with van der Waals surface area (Å²) < 4.78 is 5.53. The molecule has 1 aliphatic rings. The lowest BCUT2D eigenvalue weighted by atomic mass is 9.95. The van der Waals surface area contributed by atoms with Crippen molar-refractivity contribution < 1.29 is 4.52 Å². The summed E-state index contributed by atoms with van der Waals surface area (Å²) in [5.41, 5.74) is 5.29. The first kappa shape index (κ1) is 20.6. The Morgan fingerprint density at radius 2 is 2.00 bits per heavy atom. The van der Waals surface area contributed by atoms with E-state index in [2.05, 4.69) is 30.7 Å². The monoisotopic (exact) mass is 414 g/mol. The van der Waals surface area contributed by atoms with Crippen LogP contribution in [-0.2, 0) is 13.0 Å². The second-order valence-electron chi connectivity index (χ2n) is 5.76. The van der Waals surface area contributed by atoms with Crippen molar-refractivity contribution in [1.29, 1.82) is 0 Å². The highest BCUT2D eigenvalue weighted by Crippen LogP contribution is 2.34. The van der Waals surface area contributed by atoms with Crippen LogP contribution in [0.4, 0.5) is 5.13 Å². The molecule has 2 N–H and O–H groups in total. The number of anilines is 1. The number of nitrogens with zero attached hydrogens (tertiary/aromatic N) is 4. The number of hydrogen-bond donors (Lipinski definition) is 2. The molecule has 0 saturated heterocycles. The Labute approximate surface area is 167 Å². The lowest BCUT2D eigenvalue weighted by Gasteiger charge is -2.19. The summed E-state index contributed by atoms with van der Waals surface area (Å²) in [4.78, 5) is 14.5. The largest absolute Gasteiger partial charge is 0.365 e. The lowest BCUT2D eigenvalue weighted by Crippen LogP contribution is -2.24. The zero-order valence-electron chi connectivity index (χ0n) is 14.6. The fourth-order valence-electron chi connectivity index (χ4n) is 2.99. The fourth-order valence-corrected chi connectivity index (χ4v) is 3.83. The van der Waals surface area contributed by atoms with E-state index < -0.39 is 0 Å². The van der Waals surface area contributed by atoms with Gasteiger partial charge in [-0.05, 0) is 37.9 Å². The molecule has 0 radical (unpaired) electrons. The summed E-state index contributed by atoms with van der Waals surface area (Å²) >= 11 is 1.51. The van der Waals surface area contributed by atoms with Crippen molar-refractivity contribution in [3.63, 3.8) is 0 Å². The Bertz CT molecular complexity index is 910. The number of aryl methyl sites for hydroxylation is 2. The second kappa shape index (κ2) is 8.30. The van der Waals surface area contributed by atoms with Crippen LogP contribution < -0.4 is 10.6 Å². The van der Waals surface area contributed by atoms with Crippen LogP contribution in [0.15, 0.2) is 10.7 Å². The van der Waals surface area contributed by atoms with Gasteiger partial charge in [0.2, 0.25) is 5.82 Å². The summed E-state index contributed by atoms with van der Waals surface area (Å²) in [5.74, 6) is 1.11. The third kappa shape index (κ3) is 3.55. The molecule has 3 aromatic rings. The van der Waals surface area contributed by atoms with Gasteiger partial charge in [0.25, 0.3) is 5.89 Å². The molecule has 4 heterocycles. The van der Waals surface area contributed by atoms with E-state index in [1.54, 1.807) is 0 Å². The number of rotatable bonds is 3. The first-order valence-corrected chi connectivity index (χ1v) is 8.66. The molecule has 0 spiro atoms. The maximum atomic E-state index is 5.53. The van der Waals surface area contributed by atoms with E-state index in [0.717, 1.165) is 46.5 Å². The molecule has 26 heavy (non-hydrogen) atoms. The van der Waals surface area contributed by atoms with Crippen LogP contribution in [0.25, 0.3) is 22.2 Å². The van der Waals surface area contributed by atoms with Crippen molar-refractivity contribution in [3.8, 4) is 22.2 Å². The van der Waals surface area contributed by atoms with Gasteiger partial charge in [-0.25, -0.2) is 4.98 Å². The number of aromatic nitrogens is 4. The van der Waals surface area contributed by atoms with Crippen LogP contribution in [0, 0.1) is 13.8 Å². The van der Waals surface area contributed by atoms with Gasteiger partial charge in [-0.2, -0.15) is 4.98 Å². The van der Waals surface area contributed by atoms with Gasteiger partial charge in [0.15, 0.2) is 5.13 Å². The zero-order chi connectivity index (χ0) is 16.7. The molecule has 1 aliphatic heterocycles. The SMILES string of the molecule is CNc1nc(C)c(-c2nc(-c3c(C)ncc4c3CCNC4)no2)s1.Cl.Cl. The Kier molecular flexibility index (Phi) is 6.57. The van der Waals surface area contributed by atoms with Gasteiger partial charge in [-0.15, -0.1) is 24.8 Å². The van der Waals surface area contributed by atoms with Gasteiger partial charge in [-0.3, -0.25) is 4.98 Å². The minimum Gasteiger partial charge on any atom is -0.365 e. The number of halogens is 2. The number of hydrogen-bond acceptors (Lipinski definition) is 8. The van der Waals surface area contributed by atoms with E-state index >= 15 is 0 Å². The third-order valence-corrected chi connectivity index (χ3v) is 5.35. The lowest BCUT2D eigenvalue weighted by molar-refractivity contribution is 0.432. The summed E-state index contributed by atoms with van der Waals surface area (Å²) in [5, 5.41) is 11.5. The first-order chi connectivity index (χ1) is 11.7. The van der Waals surface area contributed by atoms with Gasteiger partial charge < -0.3 is 15.2 Å². The van der Waals surface area contributed by atoms with Crippen LogP contribution >= 0.6 is 36.2 Å². The van der Waals surface area contributed by atoms with Crippen LogP contribution in [0.2, 0.25) is 0 Å². The van der Waals surface area contributed by atoms with Crippen LogP contribution in [0.5, 0.6) is 0 Å². The summed E-state index contributed by atoms with van der Waals surface area (Å²) in [6, 6.07) is 0. The first-order valence-electron chi connectivity index (χ1n) is 7.85. The molecule has 140 valence electrons. The standard InChI is InChI=1S/C16H18N6OS.2ClH/c1-8-12(11-4-5-18-6-10(11)7-19-8)14-21-15(23-22-14)13-9(2)20-16(17-3)24-13;;/h7,18H,4-6H2,1-3H3,(H,17,20);2*1H. The Morgan fingerprint density at radius 1 is 1.19 bits per heavy atom. The molecule has 0 fully saturated rings. The molecule has 3 aromatic heterocycles. The molecule has 0 aromatic carbocycles. The minimum absolute atomic E-state index is 0. The molecule has 0 aliphatic carbocycles. The molecule has 0 saturated carbocycles. The van der Waals surface area contributed by atoms with Crippen molar-refractivity contribution in [2.45, 2.75) is 26.8 Å². The average Bonchev–Trinajstić information content (AvgIpc) is 3.21. The normalized spacial score (nSPS) is 12.7. The highest BCUT2D eigenvalue weighted by molar-refractivity contribution is 7.19. The van der Waals surface area contributed by atoms with Gasteiger partial charge in [-0.1, -0.05) is 16.5 Å². The topological polar surface area (TPSA) is 88.8 Å². The number of fused-ring (bicyclic) bond motifs is 1. The number of nitrogens with one attached hydrogen (secondary N) is 2. The smallest absolute Gasteiger partial charge is 0.270 e. The highest BCUT2D eigenvalue weighted by Gasteiger charge is 2.22. The maximum absolute atomic E-state index is 5.53. The van der Waals surface area contributed by atoms with E-state index in [1.807, 2.05) is 27.1 Å². The second-order valence-corrected chi connectivity index (χ2v) is 6.75. The summed E-state index contributed by atoms with van der Waals surface area (Å²) in [7, 11) is 1.85. The van der Waals surface area contributed by atoms with Gasteiger partial charge in [0.05, 0.1) is 5.69 Å². The minimum atomic E-state index is 0. The molecule has 10 heteroatoms. The van der Waals surface area contributed by atoms with E-state index in [-0.39, 0.29) is 24.8 Å². The van der Waals surface area contributed by atoms with Gasteiger partial charge in [0.1, 0.15) is 4.88 Å². The number of pyridine rings is 1. The van der Waals surface area contributed by atoms with Crippen molar-refractivity contribution in [1.82, 2.24) is 25.4 Å². The highest BCUT2D eigenvalue weighted by atomic mass is 35.5. The summed E-state index contributed by atoms with van der Waals surface area (Å²) in [6.45, 7) is 5.72. The number of thiazole rings is 1. The van der Waals surface area contributed by atoms with Gasteiger partial charge >= 0.3 is 0 Å². The molecule has 7 nitrogen and oxygen atoms in total. The van der Waals surface area contributed by atoms with E-state index in [0.29, 0.717) is 11.7 Å². The predicted octanol–water partition coefficient (Wildman–Crippen LogP) is 3.40. The molecular weight excluding hydrogens is 395 g/mol. The molecule has 0 bridgehead atoms. The average molecular weight is 415 g/mol. The molecule has 0 unspecified atom stereocenters. The van der Waals surface area contributed by atoms with Crippen molar-refractivity contribution >= 4 is 41.3 Å². The Hall–Kier alpha value is -1.74. The van der Waals surface area contributed by atoms with Crippen molar-refractivity contribution in [3.05, 3.63) is 28.7 Å². The van der Waals surface area contributed by atoms with E-state index in [4.69, 9.17) is 4.52 Å². The summed E-state index contributed by atoms with van der Waals surface area (Å²) in [6.07, 6.45) is 2.88. The van der Waals surface area contributed by atoms with E-state index in [9.17, 15) is 0 Å². The quantitative estimate of drug-likeness (QED) is 0.678. The third-order valence-electron chi connectivity index (χ3n) is 4.19. The van der Waals surface area contributed by atoms with Crippen LogP contribution in [0.3, 0.4) is 0 Å². The molecular formula is C16H20Cl2N6OS. The fraction of sp³-hybridized carbons (Fsp3) is 0.375. The van der Waals surface area contributed by atoms with Crippen molar-refractivity contribution in [2.24, 2.45) is 0 Å². The molecule has 0 amide bonds. The predicted molar refractivity (Wildman–Crippen MR) is 108 cm³/mol.